The highest BCUT2D eigenvalue weighted by molar-refractivity contribution is 5.92. The maximum atomic E-state index is 12.0. The quantitative estimate of drug-likeness (QED) is 0.877. The van der Waals surface area contributed by atoms with Crippen molar-refractivity contribution in [1.82, 2.24) is 25.6 Å². The Morgan fingerprint density at radius 2 is 2.15 bits per heavy atom. The SMILES string of the molecule is Cl.O=C(NC1CCNC1)c1cn(-c2ccccc2)nn1. The van der Waals surface area contributed by atoms with Crippen LogP contribution in [0.2, 0.25) is 0 Å². The highest BCUT2D eigenvalue weighted by Crippen LogP contribution is 2.06. The van der Waals surface area contributed by atoms with Gasteiger partial charge in [-0.05, 0) is 25.1 Å². The number of rotatable bonds is 3. The van der Waals surface area contributed by atoms with Crippen molar-refractivity contribution in [3.8, 4) is 5.69 Å². The fraction of sp³-hybridized carbons (Fsp3) is 0.308. The highest BCUT2D eigenvalue weighted by Gasteiger charge is 2.19. The van der Waals surface area contributed by atoms with E-state index in [-0.39, 0.29) is 24.4 Å². The van der Waals surface area contributed by atoms with Crippen LogP contribution in [0.15, 0.2) is 36.5 Å². The molecule has 1 aliphatic rings. The molecule has 2 N–H and O–H groups in total. The molecule has 0 radical (unpaired) electrons. The molecule has 6 nitrogen and oxygen atoms in total. The molecule has 20 heavy (non-hydrogen) atoms. The predicted molar refractivity (Wildman–Crippen MR) is 77.3 cm³/mol. The summed E-state index contributed by atoms with van der Waals surface area (Å²) in [5.41, 5.74) is 1.23. The van der Waals surface area contributed by atoms with Crippen molar-refractivity contribution in [3.05, 3.63) is 42.2 Å². The van der Waals surface area contributed by atoms with E-state index in [0.29, 0.717) is 5.69 Å². The van der Waals surface area contributed by atoms with Crippen LogP contribution in [0.5, 0.6) is 0 Å². The number of hydrogen-bond donors (Lipinski definition) is 2. The number of carbonyl (C=O) groups is 1. The molecule has 106 valence electrons. The summed E-state index contributed by atoms with van der Waals surface area (Å²) in [5.74, 6) is -0.170. The zero-order valence-corrected chi connectivity index (χ0v) is 11.6. The lowest BCUT2D eigenvalue weighted by molar-refractivity contribution is 0.0935. The zero-order chi connectivity index (χ0) is 13.1. The Morgan fingerprint density at radius 1 is 1.35 bits per heavy atom. The Kier molecular flexibility index (Phi) is 4.70. The molecule has 7 heteroatoms. The van der Waals surface area contributed by atoms with Crippen LogP contribution in [0.25, 0.3) is 5.69 Å². The van der Waals surface area contributed by atoms with Crippen molar-refractivity contribution in [2.75, 3.05) is 13.1 Å². The van der Waals surface area contributed by atoms with Crippen LogP contribution in [0.4, 0.5) is 0 Å². The molecule has 0 aliphatic carbocycles. The van der Waals surface area contributed by atoms with Crippen LogP contribution in [0.1, 0.15) is 16.9 Å². The lowest BCUT2D eigenvalue weighted by Gasteiger charge is -2.08. The molecule has 1 saturated heterocycles. The summed E-state index contributed by atoms with van der Waals surface area (Å²) in [6.45, 7) is 1.76. The number of benzene rings is 1. The summed E-state index contributed by atoms with van der Waals surface area (Å²) in [6, 6.07) is 9.78. The molecule has 0 bridgehead atoms. The van der Waals surface area contributed by atoms with E-state index < -0.39 is 0 Å². The second-order valence-corrected chi connectivity index (χ2v) is 4.55. The molecule has 2 aromatic rings. The molecule has 1 aromatic carbocycles. The molecule has 0 spiro atoms. The lowest BCUT2D eigenvalue weighted by atomic mass is 10.2. The average molecular weight is 294 g/mol. The van der Waals surface area contributed by atoms with E-state index in [4.69, 9.17) is 0 Å². The minimum atomic E-state index is -0.170. The summed E-state index contributed by atoms with van der Waals surface area (Å²) >= 11 is 0. The number of hydrogen-bond acceptors (Lipinski definition) is 4. The van der Waals surface area contributed by atoms with Gasteiger partial charge in [0.2, 0.25) is 0 Å². The zero-order valence-electron chi connectivity index (χ0n) is 10.8. The van der Waals surface area contributed by atoms with E-state index in [2.05, 4.69) is 20.9 Å². The Balaban J connectivity index is 0.00000147. The first-order valence-corrected chi connectivity index (χ1v) is 6.32. The second kappa shape index (κ2) is 6.49. The molecule has 3 rings (SSSR count). The molecule has 1 fully saturated rings. The van der Waals surface area contributed by atoms with Crippen LogP contribution >= 0.6 is 12.4 Å². The van der Waals surface area contributed by atoms with Gasteiger partial charge in [0, 0.05) is 12.6 Å². The van der Waals surface area contributed by atoms with Gasteiger partial charge < -0.3 is 10.6 Å². The van der Waals surface area contributed by atoms with Crippen LogP contribution in [0, 0.1) is 0 Å². The fourth-order valence-electron chi connectivity index (χ4n) is 2.11. The molecular weight excluding hydrogens is 278 g/mol. The summed E-state index contributed by atoms with van der Waals surface area (Å²) < 4.78 is 1.60. The van der Waals surface area contributed by atoms with Gasteiger partial charge in [-0.25, -0.2) is 4.68 Å². The van der Waals surface area contributed by atoms with Crippen LogP contribution in [-0.4, -0.2) is 40.0 Å². The molecule has 2 heterocycles. The van der Waals surface area contributed by atoms with E-state index in [0.717, 1.165) is 25.2 Å². The predicted octanol–water partition coefficient (Wildman–Crippen LogP) is 0.781. The topological polar surface area (TPSA) is 71.8 Å². The van der Waals surface area contributed by atoms with Gasteiger partial charge in [0.15, 0.2) is 5.69 Å². The number of halogens is 1. The monoisotopic (exact) mass is 293 g/mol. The van der Waals surface area contributed by atoms with E-state index >= 15 is 0 Å². The van der Waals surface area contributed by atoms with E-state index in [1.165, 1.54) is 0 Å². The number of carbonyl (C=O) groups excluding carboxylic acids is 1. The normalized spacial score (nSPS) is 17.5. The number of amides is 1. The third kappa shape index (κ3) is 3.15. The van der Waals surface area contributed by atoms with Crippen molar-refractivity contribution in [1.29, 1.82) is 0 Å². The van der Waals surface area contributed by atoms with Gasteiger partial charge in [0.05, 0.1) is 11.9 Å². The van der Waals surface area contributed by atoms with Crippen molar-refractivity contribution >= 4 is 18.3 Å². The third-order valence-corrected chi connectivity index (χ3v) is 3.14. The number of aromatic nitrogens is 3. The lowest BCUT2D eigenvalue weighted by Crippen LogP contribution is -2.36. The summed E-state index contributed by atoms with van der Waals surface area (Å²) in [6.07, 6.45) is 2.60. The number of nitrogens with one attached hydrogen (secondary N) is 2. The molecule has 1 amide bonds. The van der Waals surface area contributed by atoms with Gasteiger partial charge in [0.1, 0.15) is 0 Å². The van der Waals surface area contributed by atoms with Gasteiger partial charge in [-0.1, -0.05) is 23.4 Å². The van der Waals surface area contributed by atoms with Gasteiger partial charge in [-0.3, -0.25) is 4.79 Å². The molecule has 1 atom stereocenters. The molecule has 1 aromatic heterocycles. The Labute approximate surface area is 123 Å². The van der Waals surface area contributed by atoms with Crippen LogP contribution < -0.4 is 10.6 Å². The molecule has 0 saturated carbocycles. The van der Waals surface area contributed by atoms with Gasteiger partial charge in [-0.15, -0.1) is 17.5 Å². The van der Waals surface area contributed by atoms with E-state index in [9.17, 15) is 4.79 Å². The van der Waals surface area contributed by atoms with Crippen LogP contribution in [0.3, 0.4) is 0 Å². The highest BCUT2D eigenvalue weighted by atomic mass is 35.5. The summed E-state index contributed by atoms with van der Waals surface area (Å²) in [7, 11) is 0. The Morgan fingerprint density at radius 3 is 2.85 bits per heavy atom. The Hall–Kier alpha value is -1.92. The minimum absolute atomic E-state index is 0. The first-order chi connectivity index (χ1) is 9.33. The van der Waals surface area contributed by atoms with Crippen molar-refractivity contribution in [3.63, 3.8) is 0 Å². The Bertz CT molecular complexity index is 565. The molecule has 1 aliphatic heterocycles. The molecule has 1 unspecified atom stereocenters. The molecular formula is C13H16ClN5O. The minimum Gasteiger partial charge on any atom is -0.347 e. The van der Waals surface area contributed by atoms with Crippen molar-refractivity contribution < 1.29 is 4.79 Å². The number of para-hydroxylation sites is 1. The van der Waals surface area contributed by atoms with Gasteiger partial charge >= 0.3 is 0 Å². The third-order valence-electron chi connectivity index (χ3n) is 3.14. The van der Waals surface area contributed by atoms with E-state index in [1.807, 2.05) is 30.3 Å². The largest absolute Gasteiger partial charge is 0.347 e. The smallest absolute Gasteiger partial charge is 0.273 e. The van der Waals surface area contributed by atoms with Crippen LogP contribution in [-0.2, 0) is 0 Å². The fourth-order valence-corrected chi connectivity index (χ4v) is 2.11. The van der Waals surface area contributed by atoms with E-state index in [1.54, 1.807) is 10.9 Å². The summed E-state index contributed by atoms with van der Waals surface area (Å²) in [4.78, 5) is 12.0. The van der Waals surface area contributed by atoms with Crippen molar-refractivity contribution in [2.24, 2.45) is 0 Å². The first-order valence-electron chi connectivity index (χ1n) is 6.32. The maximum Gasteiger partial charge on any atom is 0.273 e. The summed E-state index contributed by atoms with van der Waals surface area (Å²) in [5, 5.41) is 14.0. The number of nitrogens with zero attached hydrogens (tertiary/aromatic N) is 3. The van der Waals surface area contributed by atoms with Gasteiger partial charge in [0.25, 0.3) is 5.91 Å². The van der Waals surface area contributed by atoms with Gasteiger partial charge in [-0.2, -0.15) is 0 Å². The van der Waals surface area contributed by atoms with Crippen molar-refractivity contribution in [2.45, 2.75) is 12.5 Å². The first kappa shape index (κ1) is 14.5. The standard InChI is InChI=1S/C13H15N5O.ClH/c19-13(15-10-6-7-14-8-10)12-9-18(17-16-12)11-4-2-1-3-5-11;/h1-5,9-10,14H,6-8H2,(H,15,19);1H. The second-order valence-electron chi connectivity index (χ2n) is 4.55. The average Bonchev–Trinajstić information content (AvgIpc) is 3.10. The maximum absolute atomic E-state index is 12.0.